The van der Waals surface area contributed by atoms with Crippen LogP contribution in [0.4, 0.5) is 11.6 Å². The second-order valence-corrected chi connectivity index (χ2v) is 7.01. The maximum absolute atomic E-state index is 12.1. The lowest BCUT2D eigenvalue weighted by molar-refractivity contribution is -0.117. The Bertz CT molecular complexity index is 1020. The number of benzene rings is 1. The van der Waals surface area contributed by atoms with E-state index in [2.05, 4.69) is 20.6 Å². The Hall–Kier alpha value is -3.19. The molecular weight excluding hydrogens is 368 g/mol. The summed E-state index contributed by atoms with van der Waals surface area (Å²) in [7, 11) is 3.48. The first-order valence-electron chi connectivity index (χ1n) is 9.69. The number of aromatic nitrogens is 2. The number of carbonyl (C=O) groups is 1. The van der Waals surface area contributed by atoms with E-state index in [-0.39, 0.29) is 11.8 Å². The fraction of sp³-hybridized carbons (Fsp3) is 0.318. The predicted octanol–water partition coefficient (Wildman–Crippen LogP) is 3.71. The van der Waals surface area contributed by atoms with Crippen LogP contribution in [0.3, 0.4) is 0 Å². The van der Waals surface area contributed by atoms with Crippen molar-refractivity contribution in [3.63, 3.8) is 0 Å². The van der Waals surface area contributed by atoms with Gasteiger partial charge in [-0.1, -0.05) is 12.1 Å². The zero-order chi connectivity index (χ0) is 20.2. The molecule has 2 heterocycles. The van der Waals surface area contributed by atoms with Crippen molar-refractivity contribution in [3.8, 4) is 16.9 Å². The first-order valence-corrected chi connectivity index (χ1v) is 9.69. The molecule has 0 saturated heterocycles. The highest BCUT2D eigenvalue weighted by atomic mass is 16.5. The zero-order valence-corrected chi connectivity index (χ0v) is 16.6. The van der Waals surface area contributed by atoms with Gasteiger partial charge in [-0.25, -0.2) is 9.97 Å². The molecule has 0 spiro atoms. The number of anilines is 2. The summed E-state index contributed by atoms with van der Waals surface area (Å²) in [6, 6.07) is 9.77. The van der Waals surface area contributed by atoms with Crippen LogP contribution in [0.2, 0.25) is 0 Å². The molecule has 2 N–H and O–H groups in total. The maximum Gasteiger partial charge on any atom is 0.228 e. The average molecular weight is 392 g/mol. The first-order chi connectivity index (χ1) is 14.2. The maximum atomic E-state index is 12.1. The minimum absolute atomic E-state index is 0.0406. The third kappa shape index (κ3) is 4.30. The van der Waals surface area contributed by atoms with E-state index in [0.717, 1.165) is 46.3 Å². The van der Waals surface area contributed by atoms with Crippen molar-refractivity contribution in [2.45, 2.75) is 12.8 Å². The van der Waals surface area contributed by atoms with Gasteiger partial charge in [-0.15, -0.1) is 0 Å². The Balaban J connectivity index is 1.67. The van der Waals surface area contributed by atoms with E-state index in [9.17, 15) is 4.79 Å². The fourth-order valence-corrected chi connectivity index (χ4v) is 3.18. The molecule has 2 aromatic heterocycles. The molecule has 1 aromatic carbocycles. The number of carbonyl (C=O) groups excluding carboxylic acids is 1. The van der Waals surface area contributed by atoms with Gasteiger partial charge in [-0.3, -0.25) is 4.79 Å². The number of nitrogens with one attached hydrogen (secondary N) is 2. The number of methoxy groups -OCH3 is 1. The standard InChI is InChI=1S/C22H24N4O3/c1-23-21-19-13-24-20(26-22(27)15-3-4-15)11-17(19)18(12-25-21)14-5-7-16(8-6-14)29-10-9-28-2/h5-8,11-13,15H,3-4,9-10H2,1-2H3,(H,23,25)(H,24,26,27). The number of hydrogen-bond acceptors (Lipinski definition) is 6. The van der Waals surface area contributed by atoms with E-state index in [1.54, 1.807) is 13.3 Å². The Kier molecular flexibility index (Phi) is 5.57. The van der Waals surface area contributed by atoms with E-state index in [0.29, 0.717) is 19.0 Å². The predicted molar refractivity (Wildman–Crippen MR) is 113 cm³/mol. The van der Waals surface area contributed by atoms with E-state index >= 15 is 0 Å². The number of amides is 1. The Morgan fingerprint density at radius 1 is 1.10 bits per heavy atom. The van der Waals surface area contributed by atoms with Crippen LogP contribution in [0.25, 0.3) is 21.9 Å². The molecule has 1 aliphatic carbocycles. The Morgan fingerprint density at radius 2 is 1.90 bits per heavy atom. The molecule has 7 nitrogen and oxygen atoms in total. The molecule has 1 aliphatic rings. The quantitative estimate of drug-likeness (QED) is 0.569. The Labute approximate surface area is 169 Å². The molecule has 1 fully saturated rings. The van der Waals surface area contributed by atoms with Crippen LogP contribution in [0.5, 0.6) is 5.75 Å². The van der Waals surface area contributed by atoms with Crippen molar-refractivity contribution >= 4 is 28.3 Å². The van der Waals surface area contributed by atoms with E-state index in [1.165, 1.54) is 0 Å². The van der Waals surface area contributed by atoms with Crippen molar-refractivity contribution in [1.29, 1.82) is 0 Å². The van der Waals surface area contributed by atoms with Crippen LogP contribution in [0, 0.1) is 5.92 Å². The largest absolute Gasteiger partial charge is 0.491 e. The minimum atomic E-state index is 0.0406. The van der Waals surface area contributed by atoms with E-state index in [4.69, 9.17) is 9.47 Å². The molecule has 0 bridgehead atoms. The van der Waals surface area contributed by atoms with Gasteiger partial charge < -0.3 is 20.1 Å². The van der Waals surface area contributed by atoms with Gasteiger partial charge in [0.15, 0.2) is 0 Å². The minimum Gasteiger partial charge on any atom is -0.491 e. The molecule has 3 aromatic rings. The van der Waals surface area contributed by atoms with Crippen LogP contribution >= 0.6 is 0 Å². The van der Waals surface area contributed by atoms with Crippen LogP contribution in [0.15, 0.2) is 42.7 Å². The molecule has 29 heavy (non-hydrogen) atoms. The van der Waals surface area contributed by atoms with Crippen LogP contribution in [-0.2, 0) is 9.53 Å². The molecule has 1 saturated carbocycles. The summed E-state index contributed by atoms with van der Waals surface area (Å²) < 4.78 is 10.7. The summed E-state index contributed by atoms with van der Waals surface area (Å²) in [6.45, 7) is 1.05. The summed E-state index contributed by atoms with van der Waals surface area (Å²) >= 11 is 0. The van der Waals surface area contributed by atoms with Crippen molar-refractivity contribution in [2.75, 3.05) is 38.0 Å². The second kappa shape index (κ2) is 8.45. The third-order valence-electron chi connectivity index (χ3n) is 4.93. The SMILES string of the molecule is CNc1ncc(-c2ccc(OCCOC)cc2)c2cc(NC(=O)C3CC3)ncc12. The fourth-order valence-electron chi connectivity index (χ4n) is 3.18. The Morgan fingerprint density at radius 3 is 2.59 bits per heavy atom. The molecule has 7 heteroatoms. The van der Waals surface area contributed by atoms with Gasteiger partial charge in [0.2, 0.25) is 5.91 Å². The average Bonchev–Trinajstić information content (AvgIpc) is 3.59. The zero-order valence-electron chi connectivity index (χ0n) is 16.6. The molecule has 0 atom stereocenters. The molecule has 1 amide bonds. The highest BCUT2D eigenvalue weighted by Crippen LogP contribution is 2.34. The van der Waals surface area contributed by atoms with Crippen molar-refractivity contribution < 1.29 is 14.3 Å². The van der Waals surface area contributed by atoms with Gasteiger partial charge in [-0.2, -0.15) is 0 Å². The van der Waals surface area contributed by atoms with Crippen molar-refractivity contribution in [1.82, 2.24) is 9.97 Å². The normalized spacial score (nSPS) is 13.3. The van der Waals surface area contributed by atoms with Gasteiger partial charge in [0.05, 0.1) is 6.61 Å². The van der Waals surface area contributed by atoms with E-state index in [1.807, 2.05) is 43.6 Å². The van der Waals surface area contributed by atoms with Crippen molar-refractivity contribution in [3.05, 3.63) is 42.7 Å². The van der Waals surface area contributed by atoms with Crippen LogP contribution < -0.4 is 15.4 Å². The summed E-state index contributed by atoms with van der Waals surface area (Å²) in [5.41, 5.74) is 1.97. The molecule has 150 valence electrons. The molecule has 0 radical (unpaired) electrons. The van der Waals surface area contributed by atoms with Gasteiger partial charge in [0.25, 0.3) is 0 Å². The van der Waals surface area contributed by atoms with Crippen LogP contribution in [0.1, 0.15) is 12.8 Å². The summed E-state index contributed by atoms with van der Waals surface area (Å²) in [6.07, 6.45) is 5.50. The lowest BCUT2D eigenvalue weighted by Gasteiger charge is -2.13. The number of fused-ring (bicyclic) bond motifs is 1. The highest BCUT2D eigenvalue weighted by Gasteiger charge is 2.29. The van der Waals surface area contributed by atoms with Gasteiger partial charge in [-0.05, 0) is 42.0 Å². The smallest absolute Gasteiger partial charge is 0.228 e. The van der Waals surface area contributed by atoms with E-state index < -0.39 is 0 Å². The van der Waals surface area contributed by atoms with Gasteiger partial charge in [0.1, 0.15) is 24.0 Å². The lowest BCUT2D eigenvalue weighted by Crippen LogP contribution is -2.14. The van der Waals surface area contributed by atoms with Gasteiger partial charge >= 0.3 is 0 Å². The third-order valence-corrected chi connectivity index (χ3v) is 4.93. The summed E-state index contributed by atoms with van der Waals surface area (Å²) in [5.74, 6) is 2.26. The summed E-state index contributed by atoms with van der Waals surface area (Å²) in [4.78, 5) is 21.1. The lowest BCUT2D eigenvalue weighted by atomic mass is 10.0. The second-order valence-electron chi connectivity index (χ2n) is 7.01. The summed E-state index contributed by atoms with van der Waals surface area (Å²) in [5, 5.41) is 7.90. The number of nitrogens with zero attached hydrogens (tertiary/aromatic N) is 2. The molecule has 0 unspecified atom stereocenters. The van der Waals surface area contributed by atoms with Crippen molar-refractivity contribution in [2.24, 2.45) is 5.92 Å². The first kappa shape index (κ1) is 19.1. The topological polar surface area (TPSA) is 85.4 Å². The number of hydrogen-bond donors (Lipinski definition) is 2. The molecular formula is C22H24N4O3. The monoisotopic (exact) mass is 392 g/mol. The number of ether oxygens (including phenoxy) is 2. The van der Waals surface area contributed by atoms with Gasteiger partial charge in [0, 0.05) is 43.4 Å². The molecule has 4 rings (SSSR count). The number of rotatable bonds is 8. The highest BCUT2D eigenvalue weighted by molar-refractivity contribution is 6.03. The molecule has 0 aliphatic heterocycles. The number of pyridine rings is 2. The van der Waals surface area contributed by atoms with Crippen LogP contribution in [-0.4, -0.2) is 43.2 Å².